The van der Waals surface area contributed by atoms with Crippen LogP contribution >= 0.6 is 0 Å². The van der Waals surface area contributed by atoms with Gasteiger partial charge in [-0.2, -0.15) is 5.10 Å². The van der Waals surface area contributed by atoms with Gasteiger partial charge in [-0.05, 0) is 12.8 Å². The highest BCUT2D eigenvalue weighted by Crippen LogP contribution is 2.31. The molecule has 0 radical (unpaired) electrons. The van der Waals surface area contributed by atoms with Crippen LogP contribution in [0.2, 0.25) is 0 Å². The average Bonchev–Trinajstić information content (AvgIpc) is 2.63. The van der Waals surface area contributed by atoms with Crippen molar-refractivity contribution in [3.8, 4) is 0 Å². The van der Waals surface area contributed by atoms with Crippen LogP contribution in [-0.2, 0) is 4.79 Å². The van der Waals surface area contributed by atoms with E-state index in [9.17, 15) is 4.79 Å². The van der Waals surface area contributed by atoms with E-state index in [2.05, 4.69) is 10.5 Å². The molecule has 0 aromatic rings. The smallest absolute Gasteiger partial charge is 0.151 e. The highest BCUT2D eigenvalue weighted by Gasteiger charge is 2.38. The summed E-state index contributed by atoms with van der Waals surface area (Å²) in [5, 5.41) is 4.03. The first-order valence-corrected chi connectivity index (χ1v) is 4.84. The van der Waals surface area contributed by atoms with Crippen LogP contribution in [0.4, 0.5) is 0 Å². The Labute approximate surface area is 77.6 Å². The third-order valence-corrected chi connectivity index (χ3v) is 3.05. The molecule has 1 aliphatic heterocycles. The van der Waals surface area contributed by atoms with Gasteiger partial charge in [-0.3, -0.25) is 4.79 Å². The molecule has 3 N–H and O–H groups in total. The molecule has 0 bridgehead atoms. The van der Waals surface area contributed by atoms with Crippen LogP contribution < -0.4 is 11.2 Å². The van der Waals surface area contributed by atoms with E-state index in [1.165, 1.54) is 0 Å². The second-order valence-corrected chi connectivity index (χ2v) is 3.80. The lowest BCUT2D eigenvalue weighted by Crippen LogP contribution is -2.44. The summed E-state index contributed by atoms with van der Waals surface area (Å²) < 4.78 is 0. The fourth-order valence-electron chi connectivity index (χ4n) is 2.32. The summed E-state index contributed by atoms with van der Waals surface area (Å²) in [4.78, 5) is 11.5. The minimum absolute atomic E-state index is 0.0891. The van der Waals surface area contributed by atoms with Crippen molar-refractivity contribution in [1.82, 2.24) is 5.43 Å². The number of carbonyl (C=O) groups is 1. The molecule has 13 heavy (non-hydrogen) atoms. The first kappa shape index (κ1) is 8.69. The molecule has 4 nitrogen and oxygen atoms in total. The number of nitrogens with two attached hydrogens (primary N) is 1. The van der Waals surface area contributed by atoms with Crippen LogP contribution in [0.5, 0.6) is 0 Å². The summed E-state index contributed by atoms with van der Waals surface area (Å²) in [6.45, 7) is 0.162. The molecule has 2 rings (SSSR count). The van der Waals surface area contributed by atoms with Crippen molar-refractivity contribution in [1.29, 1.82) is 0 Å². The Kier molecular flexibility index (Phi) is 2.31. The Hall–Kier alpha value is -0.900. The number of fused-ring (bicyclic) bond motifs is 1. The molecule has 0 spiro atoms. The van der Waals surface area contributed by atoms with Crippen molar-refractivity contribution in [2.75, 3.05) is 6.54 Å². The topological polar surface area (TPSA) is 67.5 Å². The molecule has 3 atom stereocenters. The van der Waals surface area contributed by atoms with Crippen molar-refractivity contribution < 1.29 is 4.79 Å². The molecule has 0 aromatic carbocycles. The maximum absolute atomic E-state index is 11.5. The second-order valence-electron chi connectivity index (χ2n) is 3.80. The van der Waals surface area contributed by atoms with Gasteiger partial charge in [0.2, 0.25) is 0 Å². The van der Waals surface area contributed by atoms with Gasteiger partial charge in [0.05, 0.1) is 12.6 Å². The summed E-state index contributed by atoms with van der Waals surface area (Å²) in [6, 6.07) is 0.227. The van der Waals surface area contributed by atoms with Crippen molar-refractivity contribution in [2.45, 2.75) is 25.3 Å². The highest BCUT2D eigenvalue weighted by molar-refractivity contribution is 5.84. The van der Waals surface area contributed by atoms with Crippen molar-refractivity contribution >= 4 is 12.0 Å². The number of ketones is 1. The van der Waals surface area contributed by atoms with E-state index in [1.54, 1.807) is 0 Å². The zero-order valence-electron chi connectivity index (χ0n) is 7.57. The standard InChI is InChI=1S/C9H15N3O/c10-4-8(13)7-3-1-2-6-5-11-12-9(6)7/h5-7,9,12H,1-4,10H2. The van der Waals surface area contributed by atoms with Gasteiger partial charge in [0.1, 0.15) is 0 Å². The van der Waals surface area contributed by atoms with Crippen molar-refractivity contribution in [2.24, 2.45) is 22.7 Å². The number of nitrogens with zero attached hydrogens (tertiary/aromatic N) is 1. The molecule has 4 heteroatoms. The van der Waals surface area contributed by atoms with Crippen LogP contribution in [0.1, 0.15) is 19.3 Å². The Morgan fingerprint density at radius 2 is 2.46 bits per heavy atom. The van der Waals surface area contributed by atoms with E-state index in [-0.39, 0.29) is 24.3 Å². The Morgan fingerprint density at radius 3 is 3.23 bits per heavy atom. The largest absolute Gasteiger partial charge is 0.324 e. The summed E-state index contributed by atoms with van der Waals surface area (Å²) in [6.07, 6.45) is 5.16. The van der Waals surface area contributed by atoms with E-state index in [1.807, 2.05) is 6.21 Å². The lowest BCUT2D eigenvalue weighted by molar-refractivity contribution is -0.123. The monoisotopic (exact) mass is 181 g/mol. The third-order valence-electron chi connectivity index (χ3n) is 3.05. The molecule has 0 amide bonds. The minimum Gasteiger partial charge on any atom is -0.324 e. The molecular weight excluding hydrogens is 166 g/mol. The normalized spacial score (nSPS) is 36.8. The maximum atomic E-state index is 11.5. The number of hydrogen-bond donors (Lipinski definition) is 2. The molecule has 72 valence electrons. The molecule has 0 aromatic heterocycles. The molecule has 1 heterocycles. The fourth-order valence-corrected chi connectivity index (χ4v) is 2.32. The molecule has 0 saturated heterocycles. The molecular formula is C9H15N3O. The SMILES string of the molecule is NCC(=O)C1CCCC2C=NNC21. The number of Topliss-reactive ketones (excluding diaryl/α,β-unsaturated/α-hetero) is 1. The number of carbonyl (C=O) groups excluding carboxylic acids is 1. The van der Waals surface area contributed by atoms with Crippen LogP contribution in [0.3, 0.4) is 0 Å². The predicted molar refractivity (Wildman–Crippen MR) is 50.3 cm³/mol. The zero-order valence-corrected chi connectivity index (χ0v) is 7.57. The van der Waals surface area contributed by atoms with Crippen molar-refractivity contribution in [3.63, 3.8) is 0 Å². The summed E-state index contributed by atoms with van der Waals surface area (Å²) in [5.74, 6) is 0.716. The molecule has 1 aliphatic carbocycles. The van der Waals surface area contributed by atoms with Gasteiger partial charge < -0.3 is 11.2 Å². The minimum atomic E-state index is 0.0891. The lowest BCUT2D eigenvalue weighted by Gasteiger charge is -2.31. The van der Waals surface area contributed by atoms with Crippen LogP contribution in [-0.4, -0.2) is 24.6 Å². The van der Waals surface area contributed by atoms with Gasteiger partial charge in [0.15, 0.2) is 5.78 Å². The Balaban J connectivity index is 2.07. The number of hydrazone groups is 1. The van der Waals surface area contributed by atoms with Crippen LogP contribution in [0.25, 0.3) is 0 Å². The Morgan fingerprint density at radius 1 is 1.62 bits per heavy atom. The first-order valence-electron chi connectivity index (χ1n) is 4.84. The van der Waals surface area contributed by atoms with Gasteiger partial charge in [-0.25, -0.2) is 0 Å². The molecule has 2 aliphatic rings. The third kappa shape index (κ3) is 1.46. The lowest BCUT2D eigenvalue weighted by atomic mass is 9.76. The summed E-state index contributed by atoms with van der Waals surface area (Å²) in [5.41, 5.74) is 8.38. The van der Waals surface area contributed by atoms with Crippen molar-refractivity contribution in [3.05, 3.63) is 0 Å². The van der Waals surface area contributed by atoms with E-state index < -0.39 is 0 Å². The molecule has 1 fully saturated rings. The van der Waals surface area contributed by atoms with Gasteiger partial charge in [0.25, 0.3) is 0 Å². The fraction of sp³-hybridized carbons (Fsp3) is 0.778. The van der Waals surface area contributed by atoms with E-state index in [4.69, 9.17) is 5.73 Å². The molecule has 1 saturated carbocycles. The maximum Gasteiger partial charge on any atom is 0.151 e. The first-order chi connectivity index (χ1) is 6.33. The van der Waals surface area contributed by atoms with Gasteiger partial charge in [-0.15, -0.1) is 0 Å². The number of hydrogen-bond acceptors (Lipinski definition) is 4. The molecule has 3 unspecified atom stereocenters. The van der Waals surface area contributed by atoms with Gasteiger partial charge >= 0.3 is 0 Å². The second kappa shape index (κ2) is 3.46. The van der Waals surface area contributed by atoms with E-state index >= 15 is 0 Å². The summed E-state index contributed by atoms with van der Waals surface area (Å²) >= 11 is 0. The summed E-state index contributed by atoms with van der Waals surface area (Å²) in [7, 11) is 0. The van der Waals surface area contributed by atoms with E-state index in [0.717, 1.165) is 19.3 Å². The highest BCUT2D eigenvalue weighted by atomic mass is 16.1. The van der Waals surface area contributed by atoms with Crippen LogP contribution in [0.15, 0.2) is 5.10 Å². The van der Waals surface area contributed by atoms with E-state index in [0.29, 0.717) is 5.92 Å². The number of rotatable bonds is 2. The zero-order chi connectivity index (χ0) is 9.26. The average molecular weight is 181 g/mol. The quantitative estimate of drug-likeness (QED) is 0.624. The predicted octanol–water partition coefficient (Wildman–Crippen LogP) is -0.112. The number of nitrogens with one attached hydrogen (secondary N) is 1. The van der Waals surface area contributed by atoms with Crippen LogP contribution in [0, 0.1) is 11.8 Å². The van der Waals surface area contributed by atoms with Gasteiger partial charge in [-0.1, -0.05) is 6.42 Å². The Bertz CT molecular complexity index is 239. The van der Waals surface area contributed by atoms with Gasteiger partial charge in [0, 0.05) is 18.1 Å².